The summed E-state index contributed by atoms with van der Waals surface area (Å²) in [6.07, 6.45) is 22.2. The summed E-state index contributed by atoms with van der Waals surface area (Å²) >= 11 is 0. The molecule has 10 aromatic carbocycles. The number of benzene rings is 10. The molecule has 16 N–H and O–H groups in total. The molecule has 4 aliphatic carbocycles. The molecule has 6 heterocycles. The maximum Gasteiger partial charge on any atom is 0.274 e. The van der Waals surface area contributed by atoms with Crippen LogP contribution in [0.4, 0.5) is 27.1 Å². The highest BCUT2D eigenvalue weighted by Crippen LogP contribution is 2.40. The van der Waals surface area contributed by atoms with Gasteiger partial charge in [-0.2, -0.15) is 20.4 Å². The molecule has 0 aliphatic heterocycles. The van der Waals surface area contributed by atoms with Gasteiger partial charge in [0, 0.05) is 73.6 Å². The maximum absolute atomic E-state index is 15.9. The number of rotatable bonds is 36. The van der Waals surface area contributed by atoms with Crippen LogP contribution in [0.5, 0.6) is 0 Å². The molecule has 0 bridgehead atoms. The van der Waals surface area contributed by atoms with Crippen LogP contribution in [-0.2, 0) is 26.2 Å². The normalized spacial score (nSPS) is 14.1. The highest BCUT2D eigenvalue weighted by molar-refractivity contribution is 6.06. The average molecular weight is 1860 g/mol. The van der Waals surface area contributed by atoms with E-state index in [1.807, 2.05) is 235 Å². The molecule has 16 aromatic rings. The van der Waals surface area contributed by atoms with E-state index in [0.29, 0.717) is 66.1 Å². The molecule has 0 spiro atoms. The number of aromatic amines is 1. The number of nitrogens with one attached hydrogen (secondary N) is 8. The number of aryl methyl sites for hydroxylation is 4. The number of carbonyl (C=O) groups excluding carboxylic acids is 4. The Morgan fingerprint density at radius 2 is 0.727 bits per heavy atom. The fourth-order valence-corrected chi connectivity index (χ4v) is 17.4. The Kier molecular flexibility index (Phi) is 31.2. The lowest BCUT2D eigenvalue weighted by atomic mass is 9.97. The van der Waals surface area contributed by atoms with Gasteiger partial charge in [-0.3, -0.25) is 19.2 Å². The minimum Gasteiger partial charge on any atom is -0.367 e. The third-order valence-electron chi connectivity index (χ3n) is 25.5. The van der Waals surface area contributed by atoms with Crippen LogP contribution in [0.2, 0.25) is 0 Å². The van der Waals surface area contributed by atoms with Gasteiger partial charge in [-0.25, -0.2) is 28.1 Å². The van der Waals surface area contributed by atoms with E-state index in [1.165, 1.54) is 68.9 Å². The first kappa shape index (κ1) is 95.8. The summed E-state index contributed by atoms with van der Waals surface area (Å²) in [4.78, 5) is 60.7. The lowest BCUT2D eigenvalue weighted by Gasteiger charge is -2.21. The molecule has 26 nitrogen and oxygen atoms in total. The SMILES string of the molecule is Cc1cc(C(=O)Nc2cccc(C(CCC3CC3)n3ccnc3)c2)n(-c2cccc(CN)c2)n1.Cc1cc(C(=O)Nc2cccc(C(NCC3CC3)c3cc[nH]c3)c2)n(-c2cccc(CN)c2)n1.Cc1cc(C(=O)Nc2cccc(C(NCC3CC3)c3ccccc3)c2)n(-c2cccc(CN)c2)n1.Cc1cc(C(=O)Nc2cccc(C(NCC3CC3)c3ccccc3)c2F)n(-c2cccc(CN)c2)n1. The summed E-state index contributed by atoms with van der Waals surface area (Å²) in [5.74, 6) is 1.54. The third-order valence-corrected chi connectivity index (χ3v) is 25.5. The van der Waals surface area contributed by atoms with Crippen LogP contribution in [0.25, 0.3) is 22.7 Å². The predicted octanol–water partition coefficient (Wildman–Crippen LogP) is 19.3. The molecule has 4 atom stereocenters. The van der Waals surface area contributed by atoms with Crippen LogP contribution < -0.4 is 60.2 Å². The van der Waals surface area contributed by atoms with E-state index in [9.17, 15) is 19.2 Å². The van der Waals surface area contributed by atoms with E-state index in [2.05, 4.69) is 133 Å². The number of nitrogens with zero attached hydrogens (tertiary/aromatic N) is 10. The van der Waals surface area contributed by atoms with Crippen molar-refractivity contribution >= 4 is 46.4 Å². The summed E-state index contributed by atoms with van der Waals surface area (Å²) in [5.41, 5.74) is 44.7. The molecular weight excluding hydrogens is 1740 g/mol. The number of anilines is 4. The average Bonchev–Trinajstić information content (AvgIpc) is 1.74. The maximum atomic E-state index is 15.9. The molecule has 4 unspecified atom stereocenters. The van der Waals surface area contributed by atoms with Crippen molar-refractivity contribution in [3.63, 3.8) is 0 Å². The Morgan fingerprint density at radius 1 is 0.374 bits per heavy atom. The number of imidazole rings is 1. The van der Waals surface area contributed by atoms with Crippen molar-refractivity contribution in [3.8, 4) is 22.7 Å². The highest BCUT2D eigenvalue weighted by Gasteiger charge is 2.31. The fraction of sp³-hybridized carbons (Fsp3) is 0.259. The second kappa shape index (κ2) is 45.4. The van der Waals surface area contributed by atoms with Crippen LogP contribution >= 0.6 is 0 Å². The monoisotopic (exact) mass is 1860 g/mol. The lowest BCUT2D eigenvalue weighted by molar-refractivity contribution is 0.101. The topological polar surface area (TPSA) is 361 Å². The molecule has 4 saturated carbocycles. The number of H-pyrrole nitrogens is 1. The largest absolute Gasteiger partial charge is 0.367 e. The highest BCUT2D eigenvalue weighted by atomic mass is 19.1. The molecule has 4 aliphatic rings. The Bertz CT molecular complexity index is 6650. The third kappa shape index (κ3) is 25.3. The molecule has 4 fully saturated rings. The van der Waals surface area contributed by atoms with Crippen molar-refractivity contribution < 1.29 is 23.6 Å². The number of carbonyl (C=O) groups is 4. The van der Waals surface area contributed by atoms with E-state index in [1.54, 1.807) is 61.2 Å². The first-order valence-electron chi connectivity index (χ1n) is 48.0. The van der Waals surface area contributed by atoms with Gasteiger partial charge >= 0.3 is 0 Å². The van der Waals surface area contributed by atoms with Crippen molar-refractivity contribution in [2.75, 3.05) is 40.9 Å². The molecule has 139 heavy (non-hydrogen) atoms. The van der Waals surface area contributed by atoms with Crippen LogP contribution in [-0.4, -0.2) is 96.9 Å². The van der Waals surface area contributed by atoms with Gasteiger partial charge in [-0.15, -0.1) is 0 Å². The minimum atomic E-state index is -0.448. The summed E-state index contributed by atoms with van der Waals surface area (Å²) in [6.45, 7) is 12.0. The van der Waals surface area contributed by atoms with E-state index in [4.69, 9.17) is 22.9 Å². The molecule has 20 rings (SSSR count). The summed E-state index contributed by atoms with van der Waals surface area (Å²) in [6, 6.07) is 89.7. The quantitative estimate of drug-likeness (QED) is 0.0174. The number of hydrogen-bond donors (Lipinski definition) is 12. The van der Waals surface area contributed by atoms with Gasteiger partial charge < -0.3 is 69.7 Å². The number of amides is 4. The number of hydrogen-bond acceptors (Lipinski definition) is 16. The molecule has 0 radical (unpaired) electrons. The Morgan fingerprint density at radius 3 is 1.10 bits per heavy atom. The predicted molar refractivity (Wildman–Crippen MR) is 546 cm³/mol. The van der Waals surface area contributed by atoms with Crippen LogP contribution in [0.3, 0.4) is 0 Å². The summed E-state index contributed by atoms with van der Waals surface area (Å²) < 4.78 is 24.6. The molecule has 27 heteroatoms. The van der Waals surface area contributed by atoms with Gasteiger partial charge in [0.15, 0.2) is 5.82 Å². The number of nitrogens with two attached hydrogens (primary N) is 4. The van der Waals surface area contributed by atoms with Gasteiger partial charge in [0.25, 0.3) is 23.6 Å². The van der Waals surface area contributed by atoms with Gasteiger partial charge in [0.2, 0.25) is 0 Å². The van der Waals surface area contributed by atoms with E-state index < -0.39 is 11.7 Å². The van der Waals surface area contributed by atoms with Crippen molar-refractivity contribution in [1.82, 2.24) is 69.6 Å². The van der Waals surface area contributed by atoms with Crippen molar-refractivity contribution in [1.29, 1.82) is 0 Å². The molecule has 4 amide bonds. The second-order valence-electron chi connectivity index (χ2n) is 36.6. The second-order valence-corrected chi connectivity index (χ2v) is 36.6. The molecule has 710 valence electrons. The summed E-state index contributed by atoms with van der Waals surface area (Å²) in [7, 11) is 0. The first-order valence-corrected chi connectivity index (χ1v) is 48.0. The summed E-state index contributed by atoms with van der Waals surface area (Å²) in [5, 5.41) is 41.1. The molecule has 0 saturated heterocycles. The van der Waals surface area contributed by atoms with E-state index in [-0.39, 0.29) is 47.6 Å². The van der Waals surface area contributed by atoms with Crippen LogP contribution in [0, 0.1) is 57.2 Å². The number of aromatic nitrogens is 11. The standard InChI is InChI=1S/C29H30FN5O.C29H31N5O.2C27H30N6O/c1-19-15-26(35(34-19)23-10-5-7-21(16-23)17-31)29(36)33-25-12-6-11-24(27(25)30)28(32-18-20-13-14-20)22-8-3-2-4-9-22;1-20-15-27(34(33-20)26-12-5-7-22(16-26)18-30)29(35)32-25-11-6-10-24(17-25)28(31-19-21-13-14-21)23-8-3-2-4-9-23;1-18-12-25(33(32-18)24-7-2-4-20(13-24)15-28)27(34)31-23-6-3-5-21(14-23)26(22-10-11-29-17-22)30-16-19-8-9-19;1-19-14-26(33(31-19)24-7-2-4-21(15-24)17-28)27(34)30-23-6-3-5-22(16-23)25(11-10-20-8-9-20)32-13-12-29-18-32/h2-12,15-16,20,28,32H,13-14,17-18,31H2,1H3,(H,33,36);2-12,15-17,21,28,31H,13-14,18-19,30H2,1H3,(H,32,35);2-7,10-14,17,19,26,29-30H,8-9,15-16,28H2,1H3,(H,31,34);2-7,12-16,18,20,25H,8-11,17,28H2,1H3,(H,30,34). The van der Waals surface area contributed by atoms with Gasteiger partial charge in [0.1, 0.15) is 22.8 Å². The Hall–Kier alpha value is -14.9. The van der Waals surface area contributed by atoms with E-state index in [0.717, 1.165) is 145 Å². The fourth-order valence-electron chi connectivity index (χ4n) is 17.4. The Balaban J connectivity index is 0.000000128. The van der Waals surface area contributed by atoms with Gasteiger partial charge in [-0.05, 0) is 299 Å². The zero-order valence-corrected chi connectivity index (χ0v) is 78.9. The minimum absolute atomic E-state index is 0.0653. The van der Waals surface area contributed by atoms with E-state index >= 15 is 4.39 Å². The van der Waals surface area contributed by atoms with Crippen molar-refractivity contribution in [3.05, 3.63) is 423 Å². The Labute approximate surface area is 810 Å². The molecular formula is C112H121FN22O4. The lowest BCUT2D eigenvalue weighted by Crippen LogP contribution is -2.26. The zero-order chi connectivity index (χ0) is 96.3. The first-order chi connectivity index (χ1) is 67.8. The number of halogens is 1. The smallest absolute Gasteiger partial charge is 0.274 e. The zero-order valence-electron chi connectivity index (χ0n) is 78.9. The molecule has 6 aromatic heterocycles. The van der Waals surface area contributed by atoms with Gasteiger partial charge in [-0.1, -0.05) is 171 Å². The van der Waals surface area contributed by atoms with Crippen LogP contribution in [0.1, 0.15) is 214 Å². The van der Waals surface area contributed by atoms with Crippen LogP contribution in [0.15, 0.2) is 310 Å². The van der Waals surface area contributed by atoms with Crippen molar-refractivity contribution in [2.45, 2.75) is 142 Å². The van der Waals surface area contributed by atoms with Crippen molar-refractivity contribution in [2.24, 2.45) is 46.6 Å². The van der Waals surface area contributed by atoms with Gasteiger partial charge in [0.05, 0.1) is 81.7 Å².